The van der Waals surface area contributed by atoms with Crippen molar-refractivity contribution in [3.05, 3.63) is 34.9 Å². The molecule has 0 spiro atoms. The highest BCUT2D eigenvalue weighted by molar-refractivity contribution is 9.09. The summed E-state index contributed by atoms with van der Waals surface area (Å²) < 4.78 is 0. The normalized spacial score (nSPS) is 11.8. The van der Waals surface area contributed by atoms with Gasteiger partial charge in [0.1, 0.15) is 0 Å². The first kappa shape index (κ1) is 15.4. The van der Waals surface area contributed by atoms with Gasteiger partial charge in [0.05, 0.1) is 0 Å². The number of hydrogen-bond donors (Lipinski definition) is 0. The van der Waals surface area contributed by atoms with Gasteiger partial charge in [0, 0.05) is 21.9 Å². The number of benzene rings is 1. The van der Waals surface area contributed by atoms with Gasteiger partial charge in [-0.25, -0.2) is 0 Å². The first-order chi connectivity index (χ1) is 8.15. The Morgan fingerprint density at radius 2 is 1.76 bits per heavy atom. The van der Waals surface area contributed by atoms with Gasteiger partial charge in [-0.15, -0.1) is 0 Å². The zero-order valence-electron chi connectivity index (χ0n) is 10.5. The molecule has 0 radical (unpaired) electrons. The van der Waals surface area contributed by atoms with Crippen LogP contribution in [-0.4, -0.2) is 11.1 Å². The molecule has 0 saturated carbocycles. The Morgan fingerprint density at radius 1 is 1.18 bits per heavy atom. The fourth-order valence-electron chi connectivity index (χ4n) is 1.65. The van der Waals surface area contributed by atoms with Crippen LogP contribution >= 0.6 is 39.3 Å². The summed E-state index contributed by atoms with van der Waals surface area (Å²) in [4.78, 5) is 0. The van der Waals surface area contributed by atoms with Crippen LogP contribution in [-0.2, 0) is 5.75 Å². The predicted molar refractivity (Wildman–Crippen MR) is 84.4 cm³/mol. The molecule has 0 N–H and O–H groups in total. The topological polar surface area (TPSA) is 0 Å². The Morgan fingerprint density at radius 3 is 2.24 bits per heavy atom. The fraction of sp³-hybridized carbons (Fsp3) is 0.571. The molecule has 0 unspecified atom stereocenters. The van der Waals surface area contributed by atoms with Crippen molar-refractivity contribution in [2.45, 2.75) is 32.4 Å². The minimum atomic E-state index is 0.455. The molecule has 0 saturated heterocycles. The third kappa shape index (κ3) is 4.84. The van der Waals surface area contributed by atoms with E-state index in [2.05, 4.69) is 41.9 Å². The molecule has 1 aromatic rings. The molecule has 0 atom stereocenters. The fourth-order valence-corrected chi connectivity index (χ4v) is 4.50. The van der Waals surface area contributed by atoms with E-state index in [1.807, 2.05) is 23.9 Å². The van der Waals surface area contributed by atoms with Crippen LogP contribution < -0.4 is 0 Å². The first-order valence-corrected chi connectivity index (χ1v) is 8.69. The zero-order chi connectivity index (χ0) is 12.7. The molecular weight excluding hydrogens is 316 g/mol. The van der Waals surface area contributed by atoms with E-state index in [9.17, 15) is 0 Å². The SMILES string of the molecule is CCC(CC)(CBr)CSCc1ccc(Cl)cc1. The molecule has 0 aliphatic heterocycles. The maximum atomic E-state index is 5.87. The van der Waals surface area contributed by atoms with Gasteiger partial charge in [0.2, 0.25) is 0 Å². The maximum absolute atomic E-state index is 5.87. The summed E-state index contributed by atoms with van der Waals surface area (Å²) in [5, 5.41) is 1.91. The number of alkyl halides is 1. The van der Waals surface area contributed by atoms with Gasteiger partial charge >= 0.3 is 0 Å². The average molecular weight is 336 g/mol. The average Bonchev–Trinajstić information content (AvgIpc) is 2.38. The number of rotatable bonds is 7. The lowest BCUT2D eigenvalue weighted by Gasteiger charge is -2.29. The van der Waals surface area contributed by atoms with Crippen molar-refractivity contribution in [3.63, 3.8) is 0 Å². The van der Waals surface area contributed by atoms with Crippen LogP contribution in [0.2, 0.25) is 5.02 Å². The molecule has 0 nitrogen and oxygen atoms in total. The Kier molecular flexibility index (Phi) is 6.98. The summed E-state index contributed by atoms with van der Waals surface area (Å²) in [5.74, 6) is 2.29. The molecule has 17 heavy (non-hydrogen) atoms. The quantitative estimate of drug-likeness (QED) is 0.570. The second-order valence-corrected chi connectivity index (χ2v) is 6.44. The Hall–Kier alpha value is 0.340. The molecule has 0 heterocycles. The van der Waals surface area contributed by atoms with Gasteiger partial charge in [0.25, 0.3) is 0 Å². The van der Waals surface area contributed by atoms with Crippen LogP contribution in [0.15, 0.2) is 24.3 Å². The molecule has 0 amide bonds. The van der Waals surface area contributed by atoms with E-state index in [0.717, 1.165) is 16.1 Å². The number of halogens is 2. The van der Waals surface area contributed by atoms with Crippen LogP contribution in [0.5, 0.6) is 0 Å². The number of hydrogen-bond acceptors (Lipinski definition) is 1. The lowest BCUT2D eigenvalue weighted by molar-refractivity contribution is 0.359. The van der Waals surface area contributed by atoms with E-state index in [1.165, 1.54) is 24.2 Å². The van der Waals surface area contributed by atoms with Crippen LogP contribution in [0.3, 0.4) is 0 Å². The summed E-state index contributed by atoms with van der Waals surface area (Å²) in [6.45, 7) is 4.57. The molecule has 0 aliphatic carbocycles. The van der Waals surface area contributed by atoms with E-state index in [1.54, 1.807) is 0 Å². The minimum Gasteiger partial charge on any atom is -0.157 e. The molecule has 3 heteroatoms. The van der Waals surface area contributed by atoms with Crippen LogP contribution in [0.1, 0.15) is 32.3 Å². The van der Waals surface area contributed by atoms with E-state index >= 15 is 0 Å². The van der Waals surface area contributed by atoms with Gasteiger partial charge in [-0.2, -0.15) is 11.8 Å². The largest absolute Gasteiger partial charge is 0.157 e. The summed E-state index contributed by atoms with van der Waals surface area (Å²) in [5.41, 5.74) is 1.81. The molecule has 96 valence electrons. The van der Waals surface area contributed by atoms with E-state index in [-0.39, 0.29) is 0 Å². The van der Waals surface area contributed by atoms with Crippen molar-refractivity contribution < 1.29 is 0 Å². The van der Waals surface area contributed by atoms with Crippen LogP contribution in [0.25, 0.3) is 0 Å². The van der Waals surface area contributed by atoms with Crippen molar-refractivity contribution in [3.8, 4) is 0 Å². The lowest BCUT2D eigenvalue weighted by atomic mass is 9.87. The first-order valence-electron chi connectivity index (χ1n) is 6.04. The second kappa shape index (κ2) is 7.70. The Bertz CT molecular complexity index is 311. The third-order valence-electron chi connectivity index (χ3n) is 3.37. The predicted octanol–water partition coefficient (Wildman–Crippen LogP) is 5.77. The monoisotopic (exact) mass is 334 g/mol. The summed E-state index contributed by atoms with van der Waals surface area (Å²) in [6.07, 6.45) is 2.48. The highest BCUT2D eigenvalue weighted by Gasteiger charge is 2.24. The highest BCUT2D eigenvalue weighted by atomic mass is 79.9. The molecule has 1 rings (SSSR count). The molecule has 0 aromatic heterocycles. The van der Waals surface area contributed by atoms with Gasteiger partial charge in [0.15, 0.2) is 0 Å². The molecule has 1 aromatic carbocycles. The lowest BCUT2D eigenvalue weighted by Crippen LogP contribution is -2.23. The smallest absolute Gasteiger partial charge is 0.0406 e. The highest BCUT2D eigenvalue weighted by Crippen LogP contribution is 2.33. The second-order valence-electron chi connectivity index (χ2n) is 4.46. The van der Waals surface area contributed by atoms with Crippen LogP contribution in [0, 0.1) is 5.41 Å². The zero-order valence-corrected chi connectivity index (χ0v) is 13.7. The Labute approximate surface area is 123 Å². The maximum Gasteiger partial charge on any atom is 0.0406 e. The third-order valence-corrected chi connectivity index (χ3v) is 6.17. The Balaban J connectivity index is 2.43. The molecule has 0 aliphatic rings. The van der Waals surface area contributed by atoms with Crippen molar-refractivity contribution in [1.82, 2.24) is 0 Å². The van der Waals surface area contributed by atoms with Crippen LogP contribution in [0.4, 0.5) is 0 Å². The van der Waals surface area contributed by atoms with Gasteiger partial charge in [-0.05, 0) is 36.0 Å². The van der Waals surface area contributed by atoms with Crippen molar-refractivity contribution in [1.29, 1.82) is 0 Å². The molecule has 0 bridgehead atoms. The minimum absolute atomic E-state index is 0.455. The molecular formula is C14H20BrClS. The van der Waals surface area contributed by atoms with E-state index in [4.69, 9.17) is 11.6 Å². The van der Waals surface area contributed by atoms with Crippen molar-refractivity contribution in [2.75, 3.05) is 11.1 Å². The summed E-state index contributed by atoms with van der Waals surface area (Å²) >= 11 is 11.6. The van der Waals surface area contributed by atoms with Gasteiger partial charge in [-0.1, -0.05) is 53.5 Å². The standard InChI is InChI=1S/C14H20BrClS/c1-3-14(4-2,10-15)11-17-9-12-5-7-13(16)8-6-12/h5-8H,3-4,9-11H2,1-2H3. The summed E-state index contributed by atoms with van der Waals surface area (Å²) in [7, 11) is 0. The molecule has 0 fully saturated rings. The van der Waals surface area contributed by atoms with Gasteiger partial charge in [-0.3, -0.25) is 0 Å². The van der Waals surface area contributed by atoms with Crippen molar-refractivity contribution >= 4 is 39.3 Å². The van der Waals surface area contributed by atoms with Gasteiger partial charge < -0.3 is 0 Å². The van der Waals surface area contributed by atoms with Crippen molar-refractivity contribution in [2.24, 2.45) is 5.41 Å². The number of thioether (sulfide) groups is 1. The summed E-state index contributed by atoms with van der Waals surface area (Å²) in [6, 6.07) is 8.16. The van der Waals surface area contributed by atoms with E-state index < -0.39 is 0 Å². The van der Waals surface area contributed by atoms with E-state index in [0.29, 0.717) is 5.41 Å².